The number of hydrogen-bond donors (Lipinski definition) is 2. The van der Waals surface area contributed by atoms with E-state index in [9.17, 15) is 5.11 Å². The molecule has 0 fully saturated rings. The van der Waals surface area contributed by atoms with Crippen molar-refractivity contribution in [3.63, 3.8) is 0 Å². The number of nitrogens with zero attached hydrogens (tertiary/aromatic N) is 2. The Bertz CT molecular complexity index is 633. The molecule has 3 N–H and O–H groups in total. The molecule has 0 aliphatic heterocycles. The van der Waals surface area contributed by atoms with Gasteiger partial charge in [0, 0.05) is 5.56 Å². The maximum atomic E-state index is 9.84. The molecule has 2 aromatic rings. The molecule has 0 spiro atoms. The van der Waals surface area contributed by atoms with Gasteiger partial charge in [0.15, 0.2) is 5.82 Å². The van der Waals surface area contributed by atoms with E-state index in [-0.39, 0.29) is 0 Å². The highest BCUT2D eigenvalue weighted by Crippen LogP contribution is 2.30. The minimum absolute atomic E-state index is 0.313. The van der Waals surface area contributed by atoms with Crippen molar-refractivity contribution >= 4 is 21.7 Å². The number of nitrogen functional groups attached to an aromatic ring is 1. The molecule has 4 nitrogen and oxygen atoms in total. The maximum absolute atomic E-state index is 9.84. The Morgan fingerprint density at radius 3 is 2.35 bits per heavy atom. The van der Waals surface area contributed by atoms with Gasteiger partial charge in [-0.25, -0.2) is 9.97 Å². The van der Waals surface area contributed by atoms with Crippen LogP contribution in [0.1, 0.15) is 30.2 Å². The number of benzene rings is 1. The topological polar surface area (TPSA) is 72.0 Å². The van der Waals surface area contributed by atoms with Crippen LogP contribution in [0.5, 0.6) is 5.75 Å². The number of nitrogens with two attached hydrogens (primary N) is 1. The van der Waals surface area contributed by atoms with Crippen molar-refractivity contribution in [1.82, 2.24) is 9.97 Å². The molecule has 1 aromatic carbocycles. The van der Waals surface area contributed by atoms with Gasteiger partial charge < -0.3 is 10.8 Å². The summed E-state index contributed by atoms with van der Waals surface area (Å²) >= 11 is 3.44. The van der Waals surface area contributed by atoms with Crippen LogP contribution in [-0.2, 0) is 6.42 Å². The first-order chi connectivity index (χ1) is 9.43. The third kappa shape index (κ3) is 2.77. The Morgan fingerprint density at radius 1 is 1.20 bits per heavy atom. The number of hydrogen-bond acceptors (Lipinski definition) is 4. The third-order valence-electron chi connectivity index (χ3n) is 3.18. The molecule has 0 saturated carbocycles. The number of aromatic nitrogens is 2. The lowest BCUT2D eigenvalue weighted by atomic mass is 10.1. The smallest absolute Gasteiger partial charge is 0.161 e. The highest BCUT2D eigenvalue weighted by molar-refractivity contribution is 9.10. The number of aromatic hydroxyl groups is 1. The second kappa shape index (κ2) is 5.79. The third-order valence-corrected chi connectivity index (χ3v) is 4.05. The molecule has 0 atom stereocenters. The first kappa shape index (κ1) is 14.8. The number of phenolic OH excluding ortho intramolecular Hbond substituents is 1. The zero-order valence-electron chi connectivity index (χ0n) is 11.9. The van der Waals surface area contributed by atoms with E-state index in [1.165, 1.54) is 0 Å². The van der Waals surface area contributed by atoms with Gasteiger partial charge in [-0.05, 0) is 59.5 Å². The molecule has 0 saturated heterocycles. The Balaban J connectivity index is 2.58. The molecular weight excluding hydrogens is 318 g/mol. The largest absolute Gasteiger partial charge is 0.507 e. The van der Waals surface area contributed by atoms with E-state index in [4.69, 9.17) is 5.73 Å². The number of halogens is 1. The van der Waals surface area contributed by atoms with Crippen molar-refractivity contribution in [3.05, 3.63) is 33.4 Å². The van der Waals surface area contributed by atoms with Crippen LogP contribution in [-0.4, -0.2) is 15.1 Å². The van der Waals surface area contributed by atoms with E-state index in [1.807, 2.05) is 26.0 Å². The highest BCUT2D eigenvalue weighted by atomic mass is 79.9. The van der Waals surface area contributed by atoms with Gasteiger partial charge >= 0.3 is 0 Å². The minimum Gasteiger partial charge on any atom is -0.507 e. The molecule has 1 heterocycles. The molecule has 106 valence electrons. The van der Waals surface area contributed by atoms with Gasteiger partial charge in [-0.15, -0.1) is 0 Å². The summed E-state index contributed by atoms with van der Waals surface area (Å²) in [5, 5.41) is 9.84. The van der Waals surface area contributed by atoms with Crippen LogP contribution in [0.3, 0.4) is 0 Å². The van der Waals surface area contributed by atoms with Gasteiger partial charge in [0.1, 0.15) is 11.6 Å². The van der Waals surface area contributed by atoms with Gasteiger partial charge in [-0.1, -0.05) is 13.3 Å². The molecule has 0 unspecified atom stereocenters. The lowest BCUT2D eigenvalue weighted by Crippen LogP contribution is -2.03. The van der Waals surface area contributed by atoms with E-state index >= 15 is 0 Å². The molecule has 0 bridgehead atoms. The lowest BCUT2D eigenvalue weighted by Gasteiger charge is -2.10. The molecule has 2 rings (SSSR count). The van der Waals surface area contributed by atoms with E-state index in [2.05, 4.69) is 32.8 Å². The van der Waals surface area contributed by atoms with Gasteiger partial charge in [0.25, 0.3) is 0 Å². The molecule has 0 amide bonds. The maximum Gasteiger partial charge on any atom is 0.161 e. The molecule has 0 aliphatic rings. The van der Waals surface area contributed by atoms with Gasteiger partial charge in [0.2, 0.25) is 0 Å². The molecule has 0 aliphatic carbocycles. The fraction of sp³-hybridized carbons (Fsp3) is 0.333. The van der Waals surface area contributed by atoms with Crippen molar-refractivity contribution in [2.45, 2.75) is 33.6 Å². The summed E-state index contributed by atoms with van der Waals surface area (Å²) in [6.45, 7) is 5.82. The van der Waals surface area contributed by atoms with Crippen LogP contribution < -0.4 is 5.73 Å². The lowest BCUT2D eigenvalue weighted by molar-refractivity contribution is 0.467. The zero-order chi connectivity index (χ0) is 14.9. The van der Waals surface area contributed by atoms with E-state index in [1.54, 1.807) is 0 Å². The summed E-state index contributed by atoms with van der Waals surface area (Å²) in [6, 6.07) is 3.75. The van der Waals surface area contributed by atoms with Crippen molar-refractivity contribution in [1.29, 1.82) is 0 Å². The van der Waals surface area contributed by atoms with Crippen molar-refractivity contribution in [2.75, 3.05) is 5.73 Å². The van der Waals surface area contributed by atoms with Gasteiger partial charge in [-0.2, -0.15) is 0 Å². The normalized spacial score (nSPS) is 10.8. The molecule has 5 heteroatoms. The number of phenols is 1. The van der Waals surface area contributed by atoms with Gasteiger partial charge in [0.05, 0.1) is 10.2 Å². The summed E-state index contributed by atoms with van der Waals surface area (Å²) < 4.78 is 0.773. The van der Waals surface area contributed by atoms with E-state index in [0.717, 1.165) is 39.7 Å². The first-order valence-corrected chi connectivity index (χ1v) is 7.35. The predicted octanol–water partition coefficient (Wildman–Crippen LogP) is 3.76. The Labute approximate surface area is 127 Å². The second-order valence-corrected chi connectivity index (χ2v) is 5.69. The Morgan fingerprint density at radius 2 is 1.80 bits per heavy atom. The molecular formula is C15H18BrN3O. The Kier molecular flexibility index (Phi) is 4.28. The number of anilines is 1. The monoisotopic (exact) mass is 335 g/mol. The first-order valence-electron chi connectivity index (χ1n) is 6.56. The van der Waals surface area contributed by atoms with E-state index < -0.39 is 0 Å². The van der Waals surface area contributed by atoms with Crippen LogP contribution in [0.2, 0.25) is 0 Å². The SMILES string of the molecule is CCCc1nc(-c2cc(C)c(O)c(C)c2)nc(N)c1Br. The fourth-order valence-electron chi connectivity index (χ4n) is 2.13. The average molecular weight is 336 g/mol. The molecule has 20 heavy (non-hydrogen) atoms. The highest BCUT2D eigenvalue weighted by Gasteiger charge is 2.13. The van der Waals surface area contributed by atoms with Crippen molar-refractivity contribution < 1.29 is 5.11 Å². The predicted molar refractivity (Wildman–Crippen MR) is 84.7 cm³/mol. The average Bonchev–Trinajstić information content (AvgIpc) is 2.40. The van der Waals surface area contributed by atoms with Crippen LogP contribution in [0.15, 0.2) is 16.6 Å². The van der Waals surface area contributed by atoms with Gasteiger partial charge in [-0.3, -0.25) is 0 Å². The zero-order valence-corrected chi connectivity index (χ0v) is 13.5. The fourth-order valence-corrected chi connectivity index (χ4v) is 2.51. The van der Waals surface area contributed by atoms with Crippen molar-refractivity contribution in [2.24, 2.45) is 0 Å². The summed E-state index contributed by atoms with van der Waals surface area (Å²) in [4.78, 5) is 8.92. The summed E-state index contributed by atoms with van der Waals surface area (Å²) in [6.07, 6.45) is 1.83. The van der Waals surface area contributed by atoms with Crippen LogP contribution in [0.25, 0.3) is 11.4 Å². The summed E-state index contributed by atoms with van der Waals surface area (Å²) in [7, 11) is 0. The quantitative estimate of drug-likeness (QED) is 0.895. The number of rotatable bonds is 3. The van der Waals surface area contributed by atoms with Crippen LogP contribution in [0, 0.1) is 13.8 Å². The van der Waals surface area contributed by atoms with Crippen LogP contribution in [0.4, 0.5) is 5.82 Å². The molecule has 1 aromatic heterocycles. The van der Waals surface area contributed by atoms with Crippen LogP contribution >= 0.6 is 15.9 Å². The molecule has 0 radical (unpaired) electrons. The van der Waals surface area contributed by atoms with E-state index in [0.29, 0.717) is 17.4 Å². The van der Waals surface area contributed by atoms with Crippen molar-refractivity contribution in [3.8, 4) is 17.1 Å². The Hall–Kier alpha value is -1.62. The standard InChI is InChI=1S/C15H18BrN3O/c1-4-5-11-12(16)14(17)19-15(18-11)10-6-8(2)13(20)9(3)7-10/h6-7,20H,4-5H2,1-3H3,(H2,17,18,19). The summed E-state index contributed by atoms with van der Waals surface area (Å²) in [5.41, 5.74) is 9.35. The number of aryl methyl sites for hydroxylation is 3. The minimum atomic E-state index is 0.313. The summed E-state index contributed by atoms with van der Waals surface area (Å²) in [5.74, 6) is 1.36. The second-order valence-electron chi connectivity index (χ2n) is 4.90.